The average Bonchev–Trinajstić information content (AvgIpc) is 3.35. The Morgan fingerprint density at radius 2 is 1.79 bits per heavy atom. The first-order valence-electron chi connectivity index (χ1n) is 15.0. The number of methoxy groups -OCH3 is 1. The van der Waals surface area contributed by atoms with E-state index < -0.39 is 17.7 Å². The number of aromatic carboxylic acids is 1. The Labute approximate surface area is 248 Å². The van der Waals surface area contributed by atoms with Crippen molar-refractivity contribution in [3.8, 4) is 5.88 Å². The molecule has 1 unspecified atom stereocenters. The van der Waals surface area contributed by atoms with Crippen molar-refractivity contribution in [3.63, 3.8) is 0 Å². The predicted molar refractivity (Wildman–Crippen MR) is 163 cm³/mol. The van der Waals surface area contributed by atoms with E-state index in [9.17, 15) is 15.0 Å². The quantitative estimate of drug-likeness (QED) is 0.338. The van der Waals surface area contributed by atoms with E-state index in [1.54, 1.807) is 6.07 Å². The van der Waals surface area contributed by atoms with E-state index in [1.807, 2.05) is 11.0 Å². The summed E-state index contributed by atoms with van der Waals surface area (Å²) in [5.41, 5.74) is 3.65. The second kappa shape index (κ2) is 10.8. The summed E-state index contributed by atoms with van der Waals surface area (Å²) in [4.78, 5) is 25.2. The summed E-state index contributed by atoms with van der Waals surface area (Å²) in [5.74, 6) is 0.582. The van der Waals surface area contributed by atoms with Crippen molar-refractivity contribution in [3.05, 3.63) is 46.8 Å². The molecule has 2 N–H and O–H groups in total. The minimum absolute atomic E-state index is 0.0261. The second-order valence-corrected chi connectivity index (χ2v) is 14.5. The Hall–Kier alpha value is -3.17. The number of anilines is 1. The molecule has 42 heavy (non-hydrogen) atoms. The van der Waals surface area contributed by atoms with E-state index in [1.165, 1.54) is 26.0 Å². The van der Waals surface area contributed by atoms with Gasteiger partial charge in [0.15, 0.2) is 17.6 Å². The number of fused-ring (bicyclic) bond motifs is 1. The molecule has 5 rings (SSSR count). The smallest absolute Gasteiger partial charge is 0.341 e. The first-order valence-corrected chi connectivity index (χ1v) is 15.0. The number of hydrogen-bond acceptors (Lipinski definition) is 8. The molecule has 2 fully saturated rings. The summed E-state index contributed by atoms with van der Waals surface area (Å²) in [6.45, 7) is 17.2. The number of aliphatic hydroxyl groups is 1. The molecular formula is C33H46N4O5. The third kappa shape index (κ3) is 5.86. The summed E-state index contributed by atoms with van der Waals surface area (Å²) < 4.78 is 11.7. The highest BCUT2D eigenvalue weighted by atomic mass is 16.5. The van der Waals surface area contributed by atoms with Gasteiger partial charge in [-0.25, -0.2) is 9.78 Å². The summed E-state index contributed by atoms with van der Waals surface area (Å²) in [6, 6.07) is 7.39. The lowest BCUT2D eigenvalue weighted by molar-refractivity contribution is -0.0755. The largest absolute Gasteiger partial charge is 0.480 e. The standard InChI is InChI=1S/C33H46N4O5/c1-31(2,3)22-17-23(20-11-13-32(4,5)14-12-20)34-24-18-25(42-27(22)24)29(38)37-16-15-36(19-33(37,6)7)26-10-9-21(30(39)40)28(35-26)41-8/h9-10,17-18,20,29,38H,11-16,19H2,1-8H3,(H,39,40). The maximum Gasteiger partial charge on any atom is 0.341 e. The molecule has 3 aromatic rings. The Kier molecular flexibility index (Phi) is 7.81. The number of nitrogens with zero attached hydrogens (tertiary/aromatic N) is 4. The fraction of sp³-hybridized carbons (Fsp3) is 0.606. The number of aliphatic hydroxyl groups excluding tert-OH is 1. The second-order valence-electron chi connectivity index (χ2n) is 14.5. The first-order chi connectivity index (χ1) is 19.6. The molecule has 1 saturated carbocycles. The van der Waals surface area contributed by atoms with Crippen molar-refractivity contribution in [2.75, 3.05) is 31.6 Å². The highest BCUT2D eigenvalue weighted by molar-refractivity contribution is 5.90. The molecule has 9 heteroatoms. The van der Waals surface area contributed by atoms with Crippen LogP contribution >= 0.6 is 0 Å². The van der Waals surface area contributed by atoms with Gasteiger partial charge in [-0.15, -0.1) is 0 Å². The van der Waals surface area contributed by atoms with E-state index in [0.717, 1.165) is 35.2 Å². The van der Waals surface area contributed by atoms with Gasteiger partial charge in [-0.1, -0.05) is 34.6 Å². The molecule has 1 aliphatic carbocycles. The normalized spacial score (nSPS) is 20.5. The van der Waals surface area contributed by atoms with Crippen LogP contribution in [-0.4, -0.2) is 63.3 Å². The van der Waals surface area contributed by atoms with Crippen LogP contribution in [0.1, 0.15) is 114 Å². The molecule has 4 heterocycles. The Morgan fingerprint density at radius 3 is 2.38 bits per heavy atom. The number of ether oxygens (including phenoxy) is 1. The summed E-state index contributed by atoms with van der Waals surface area (Å²) in [6.07, 6.45) is 3.73. The minimum Gasteiger partial charge on any atom is -0.480 e. The minimum atomic E-state index is -1.08. The number of piperazine rings is 1. The van der Waals surface area contributed by atoms with Gasteiger partial charge in [0.05, 0.1) is 7.11 Å². The maximum absolute atomic E-state index is 11.7. The van der Waals surface area contributed by atoms with Crippen molar-refractivity contribution in [1.82, 2.24) is 14.9 Å². The van der Waals surface area contributed by atoms with Crippen LogP contribution in [0.5, 0.6) is 5.88 Å². The van der Waals surface area contributed by atoms with Crippen LogP contribution in [0.4, 0.5) is 5.82 Å². The van der Waals surface area contributed by atoms with Gasteiger partial charge in [0.1, 0.15) is 16.9 Å². The highest BCUT2D eigenvalue weighted by Crippen LogP contribution is 2.44. The lowest BCUT2D eigenvalue weighted by Crippen LogP contribution is -2.60. The van der Waals surface area contributed by atoms with Crippen LogP contribution in [-0.2, 0) is 5.41 Å². The van der Waals surface area contributed by atoms with Gasteiger partial charge in [0.25, 0.3) is 0 Å². The van der Waals surface area contributed by atoms with Crippen LogP contribution in [0, 0.1) is 5.41 Å². The zero-order chi connectivity index (χ0) is 30.6. The van der Waals surface area contributed by atoms with Gasteiger partial charge < -0.3 is 24.3 Å². The van der Waals surface area contributed by atoms with Gasteiger partial charge in [0, 0.05) is 48.4 Å². The van der Waals surface area contributed by atoms with Gasteiger partial charge in [-0.3, -0.25) is 4.90 Å². The van der Waals surface area contributed by atoms with E-state index in [2.05, 4.69) is 64.4 Å². The number of carboxylic acids is 1. The monoisotopic (exact) mass is 578 g/mol. The van der Waals surface area contributed by atoms with Crippen LogP contribution < -0.4 is 9.64 Å². The molecule has 0 aromatic carbocycles. The van der Waals surface area contributed by atoms with Gasteiger partial charge in [0.2, 0.25) is 5.88 Å². The number of aromatic nitrogens is 2. The molecule has 0 radical (unpaired) electrons. The lowest BCUT2D eigenvalue weighted by atomic mass is 9.72. The topological polar surface area (TPSA) is 112 Å². The third-order valence-corrected chi connectivity index (χ3v) is 9.19. The number of carboxylic acid groups (broad SMARTS) is 1. The number of carbonyl (C=O) groups is 1. The SMILES string of the molecule is COc1nc(N2CCN(C(O)c3cc4nc(C5CCC(C)(C)CC5)cc(C(C)(C)C)c4o3)C(C)(C)C2)ccc1C(=O)O. The molecule has 0 spiro atoms. The van der Waals surface area contributed by atoms with E-state index in [0.29, 0.717) is 42.5 Å². The van der Waals surface area contributed by atoms with E-state index >= 15 is 0 Å². The molecule has 1 atom stereocenters. The molecule has 3 aromatic heterocycles. The van der Waals surface area contributed by atoms with Crippen molar-refractivity contribution >= 4 is 22.9 Å². The average molecular weight is 579 g/mol. The first kappa shape index (κ1) is 30.3. The van der Waals surface area contributed by atoms with E-state index in [4.69, 9.17) is 14.1 Å². The number of pyridine rings is 2. The van der Waals surface area contributed by atoms with Crippen molar-refractivity contribution < 1.29 is 24.2 Å². The summed E-state index contributed by atoms with van der Waals surface area (Å²) >= 11 is 0. The van der Waals surface area contributed by atoms with Crippen molar-refractivity contribution in [2.45, 2.75) is 97.2 Å². The third-order valence-electron chi connectivity index (χ3n) is 9.19. The number of rotatable bonds is 6. The molecule has 228 valence electrons. The molecular weight excluding hydrogens is 532 g/mol. The van der Waals surface area contributed by atoms with Gasteiger partial charge in [-0.05, 0) is 68.6 Å². The van der Waals surface area contributed by atoms with Gasteiger partial charge >= 0.3 is 5.97 Å². The van der Waals surface area contributed by atoms with Crippen LogP contribution in [0.3, 0.4) is 0 Å². The van der Waals surface area contributed by atoms with Crippen LogP contribution in [0.15, 0.2) is 28.7 Å². The van der Waals surface area contributed by atoms with Crippen LogP contribution in [0.25, 0.3) is 11.1 Å². The molecule has 0 bridgehead atoms. The predicted octanol–water partition coefficient (Wildman–Crippen LogP) is 6.50. The maximum atomic E-state index is 11.7. The van der Waals surface area contributed by atoms with Crippen LogP contribution in [0.2, 0.25) is 0 Å². The summed E-state index contributed by atoms with van der Waals surface area (Å²) in [5, 5.41) is 21.1. The Bertz CT molecular complexity index is 1460. The lowest BCUT2D eigenvalue weighted by Gasteiger charge is -2.48. The molecule has 9 nitrogen and oxygen atoms in total. The number of hydrogen-bond donors (Lipinski definition) is 2. The zero-order valence-corrected chi connectivity index (χ0v) is 26.3. The number of furan rings is 1. The zero-order valence-electron chi connectivity index (χ0n) is 26.3. The fourth-order valence-electron chi connectivity index (χ4n) is 6.54. The van der Waals surface area contributed by atoms with Gasteiger partial charge in [-0.2, -0.15) is 4.98 Å². The fourth-order valence-corrected chi connectivity index (χ4v) is 6.54. The molecule has 0 amide bonds. The van der Waals surface area contributed by atoms with Crippen molar-refractivity contribution in [1.29, 1.82) is 0 Å². The molecule has 1 saturated heterocycles. The molecule has 2 aliphatic rings. The highest BCUT2D eigenvalue weighted by Gasteiger charge is 2.40. The molecule has 1 aliphatic heterocycles. The Morgan fingerprint density at radius 1 is 1.10 bits per heavy atom. The summed E-state index contributed by atoms with van der Waals surface area (Å²) in [7, 11) is 1.42. The van der Waals surface area contributed by atoms with E-state index in [-0.39, 0.29) is 16.9 Å². The Balaban J connectivity index is 1.41. The van der Waals surface area contributed by atoms with Crippen molar-refractivity contribution in [2.24, 2.45) is 5.41 Å².